The van der Waals surface area contributed by atoms with Crippen LogP contribution in [0.3, 0.4) is 0 Å². The molecule has 146 valence electrons. The highest BCUT2D eigenvalue weighted by atomic mass is 16.5. The predicted molar refractivity (Wildman–Crippen MR) is 107 cm³/mol. The van der Waals surface area contributed by atoms with Crippen LogP contribution in [0.15, 0.2) is 41.0 Å². The highest BCUT2D eigenvalue weighted by Crippen LogP contribution is 2.34. The Morgan fingerprint density at radius 3 is 2.61 bits per heavy atom. The third kappa shape index (κ3) is 3.74. The van der Waals surface area contributed by atoms with E-state index in [-0.39, 0.29) is 0 Å². The number of ether oxygens (including phenoxy) is 2. The summed E-state index contributed by atoms with van der Waals surface area (Å²) in [5.41, 5.74) is 3.44. The van der Waals surface area contributed by atoms with E-state index in [9.17, 15) is 0 Å². The van der Waals surface area contributed by atoms with Crippen molar-refractivity contribution in [3.05, 3.63) is 59.2 Å². The quantitative estimate of drug-likeness (QED) is 0.701. The molecule has 0 atom stereocenters. The zero-order chi connectivity index (χ0) is 19.5. The molecule has 0 fully saturated rings. The first kappa shape index (κ1) is 18.2. The number of nitrogens with zero attached hydrogens (tertiary/aromatic N) is 3. The Kier molecular flexibility index (Phi) is 5.06. The third-order valence-corrected chi connectivity index (χ3v) is 4.88. The van der Waals surface area contributed by atoms with Gasteiger partial charge in [0, 0.05) is 24.8 Å². The number of aryl methyl sites for hydroxylation is 1. The van der Waals surface area contributed by atoms with Gasteiger partial charge in [-0.25, -0.2) is 4.98 Å². The van der Waals surface area contributed by atoms with Crippen LogP contribution in [0.4, 0.5) is 11.8 Å². The van der Waals surface area contributed by atoms with E-state index in [0.29, 0.717) is 12.5 Å². The fourth-order valence-electron chi connectivity index (χ4n) is 3.45. The Morgan fingerprint density at radius 1 is 1.11 bits per heavy atom. The van der Waals surface area contributed by atoms with E-state index >= 15 is 0 Å². The lowest BCUT2D eigenvalue weighted by atomic mass is 9.99. The van der Waals surface area contributed by atoms with Gasteiger partial charge in [0.1, 0.15) is 11.6 Å². The Balaban J connectivity index is 1.55. The van der Waals surface area contributed by atoms with Crippen molar-refractivity contribution in [3.63, 3.8) is 0 Å². The summed E-state index contributed by atoms with van der Waals surface area (Å²) in [4.78, 5) is 11.5. The minimum absolute atomic E-state index is 0.551. The first-order chi connectivity index (χ1) is 13.7. The summed E-state index contributed by atoms with van der Waals surface area (Å²) in [7, 11) is 3.33. The molecule has 1 aliphatic heterocycles. The van der Waals surface area contributed by atoms with E-state index in [4.69, 9.17) is 18.9 Å². The summed E-state index contributed by atoms with van der Waals surface area (Å²) in [6, 6.07) is 9.95. The molecule has 0 saturated heterocycles. The highest BCUT2D eigenvalue weighted by Gasteiger charge is 2.21. The zero-order valence-electron chi connectivity index (χ0n) is 16.4. The van der Waals surface area contributed by atoms with Crippen LogP contribution in [0.5, 0.6) is 11.5 Å². The molecule has 0 unspecified atom stereocenters. The van der Waals surface area contributed by atoms with Gasteiger partial charge >= 0.3 is 0 Å². The van der Waals surface area contributed by atoms with Crippen LogP contribution in [-0.2, 0) is 19.5 Å². The number of nitrogens with one attached hydrogen (secondary N) is 1. The molecule has 28 heavy (non-hydrogen) atoms. The maximum Gasteiger partial charge on any atom is 0.225 e. The molecular weight excluding hydrogens is 356 g/mol. The Labute approximate surface area is 164 Å². The lowest BCUT2D eigenvalue weighted by Gasteiger charge is -2.30. The number of methoxy groups -OCH3 is 2. The van der Waals surface area contributed by atoms with E-state index in [1.807, 2.05) is 25.1 Å². The summed E-state index contributed by atoms with van der Waals surface area (Å²) in [5, 5.41) is 3.24. The summed E-state index contributed by atoms with van der Waals surface area (Å²) in [6.07, 6.45) is 2.59. The molecule has 1 N–H and O–H groups in total. The van der Waals surface area contributed by atoms with Crippen molar-refractivity contribution in [2.24, 2.45) is 0 Å². The third-order valence-electron chi connectivity index (χ3n) is 4.88. The normalized spacial score (nSPS) is 13.2. The van der Waals surface area contributed by atoms with Gasteiger partial charge in [-0.15, -0.1) is 0 Å². The fraction of sp³-hybridized carbons (Fsp3) is 0.333. The molecule has 7 nitrogen and oxygen atoms in total. The van der Waals surface area contributed by atoms with Gasteiger partial charge in [-0.2, -0.15) is 4.98 Å². The molecule has 0 amide bonds. The second-order valence-corrected chi connectivity index (χ2v) is 6.77. The van der Waals surface area contributed by atoms with Crippen LogP contribution in [0.2, 0.25) is 0 Å². The number of hydrogen-bond acceptors (Lipinski definition) is 7. The number of hydrogen-bond donors (Lipinski definition) is 1. The summed E-state index contributed by atoms with van der Waals surface area (Å²) >= 11 is 0. The Bertz CT molecular complexity index is 957. The molecule has 4 rings (SSSR count). The van der Waals surface area contributed by atoms with Crippen molar-refractivity contribution in [3.8, 4) is 11.5 Å². The molecule has 0 bridgehead atoms. The van der Waals surface area contributed by atoms with E-state index in [2.05, 4.69) is 27.3 Å². The van der Waals surface area contributed by atoms with E-state index in [1.54, 1.807) is 20.5 Å². The molecule has 7 heteroatoms. The van der Waals surface area contributed by atoms with Crippen LogP contribution in [-0.4, -0.2) is 30.7 Å². The Hall–Kier alpha value is -3.22. The van der Waals surface area contributed by atoms with Crippen molar-refractivity contribution in [1.29, 1.82) is 0 Å². The number of fused-ring (bicyclic) bond motifs is 1. The van der Waals surface area contributed by atoms with Gasteiger partial charge in [0.15, 0.2) is 11.5 Å². The highest BCUT2D eigenvalue weighted by molar-refractivity contribution is 5.53. The van der Waals surface area contributed by atoms with Gasteiger partial charge < -0.3 is 24.1 Å². The standard InChI is InChI=1S/C21H24N4O3/c1-14-9-20(24-21(23-14)22-12-17-5-4-8-28-17)25-7-6-15-10-18(26-2)19(27-3)11-16(15)13-25/h4-5,8-11H,6-7,12-13H2,1-3H3,(H,22,23,24). The molecule has 1 aliphatic rings. The molecule has 0 radical (unpaired) electrons. The first-order valence-electron chi connectivity index (χ1n) is 9.27. The van der Waals surface area contributed by atoms with Crippen LogP contribution in [0.1, 0.15) is 22.6 Å². The molecule has 0 saturated carbocycles. The monoisotopic (exact) mass is 380 g/mol. The van der Waals surface area contributed by atoms with E-state index in [0.717, 1.165) is 48.3 Å². The molecule has 3 heterocycles. The van der Waals surface area contributed by atoms with Crippen LogP contribution >= 0.6 is 0 Å². The number of rotatable bonds is 6. The molecule has 0 aliphatic carbocycles. The number of aromatic nitrogens is 2. The van der Waals surface area contributed by atoms with E-state index < -0.39 is 0 Å². The summed E-state index contributed by atoms with van der Waals surface area (Å²) < 4.78 is 16.2. The molecular formula is C21H24N4O3. The topological polar surface area (TPSA) is 72.7 Å². The van der Waals surface area contributed by atoms with Crippen molar-refractivity contribution in [1.82, 2.24) is 9.97 Å². The number of furan rings is 1. The van der Waals surface area contributed by atoms with Gasteiger partial charge in [0.2, 0.25) is 5.95 Å². The van der Waals surface area contributed by atoms with Crippen LogP contribution in [0, 0.1) is 6.92 Å². The minimum atomic E-state index is 0.551. The van der Waals surface area contributed by atoms with Gasteiger partial charge in [0.05, 0.1) is 27.0 Å². The Morgan fingerprint density at radius 2 is 1.89 bits per heavy atom. The largest absolute Gasteiger partial charge is 0.493 e. The fourth-order valence-corrected chi connectivity index (χ4v) is 3.45. The summed E-state index contributed by atoms with van der Waals surface area (Å²) in [6.45, 7) is 4.19. The average molecular weight is 380 g/mol. The SMILES string of the molecule is COc1cc2c(cc1OC)CN(c1cc(C)nc(NCc3ccco3)n1)CC2. The minimum Gasteiger partial charge on any atom is -0.493 e. The van der Waals surface area contributed by atoms with E-state index in [1.165, 1.54) is 11.1 Å². The van der Waals surface area contributed by atoms with Crippen molar-refractivity contribution >= 4 is 11.8 Å². The average Bonchev–Trinajstić information content (AvgIpc) is 3.24. The first-order valence-corrected chi connectivity index (χ1v) is 9.27. The molecule has 1 aromatic carbocycles. The van der Waals surface area contributed by atoms with Crippen LogP contribution < -0.4 is 19.7 Å². The maximum atomic E-state index is 5.46. The van der Waals surface area contributed by atoms with Gasteiger partial charge in [0.25, 0.3) is 0 Å². The van der Waals surface area contributed by atoms with Crippen molar-refractivity contribution < 1.29 is 13.9 Å². The molecule has 3 aromatic rings. The molecule has 2 aromatic heterocycles. The van der Waals surface area contributed by atoms with Gasteiger partial charge in [-0.05, 0) is 48.7 Å². The van der Waals surface area contributed by atoms with Crippen LogP contribution in [0.25, 0.3) is 0 Å². The number of anilines is 2. The second-order valence-electron chi connectivity index (χ2n) is 6.77. The van der Waals surface area contributed by atoms with Gasteiger partial charge in [-0.3, -0.25) is 0 Å². The number of benzene rings is 1. The lowest BCUT2D eigenvalue weighted by Crippen LogP contribution is -2.31. The van der Waals surface area contributed by atoms with Crippen molar-refractivity contribution in [2.45, 2.75) is 26.4 Å². The second kappa shape index (κ2) is 7.80. The molecule has 0 spiro atoms. The summed E-state index contributed by atoms with van der Waals surface area (Å²) in [5.74, 6) is 3.89. The van der Waals surface area contributed by atoms with Gasteiger partial charge in [-0.1, -0.05) is 0 Å². The lowest BCUT2D eigenvalue weighted by molar-refractivity contribution is 0.353. The maximum absolute atomic E-state index is 5.46. The van der Waals surface area contributed by atoms with Crippen molar-refractivity contribution in [2.75, 3.05) is 31.0 Å². The zero-order valence-corrected chi connectivity index (χ0v) is 16.4. The smallest absolute Gasteiger partial charge is 0.225 e. The predicted octanol–water partition coefficient (Wildman–Crippen LogP) is 3.57.